The number of aromatic nitrogens is 4. The highest BCUT2D eigenvalue weighted by molar-refractivity contribution is 5.92. The van der Waals surface area contributed by atoms with E-state index in [2.05, 4.69) is 56.7 Å². The molecule has 4 heterocycles. The molecule has 1 saturated heterocycles. The molecule has 0 aromatic carbocycles. The van der Waals surface area contributed by atoms with E-state index in [9.17, 15) is 0 Å². The first-order valence-corrected chi connectivity index (χ1v) is 11.3. The van der Waals surface area contributed by atoms with Gasteiger partial charge in [0.2, 0.25) is 0 Å². The van der Waals surface area contributed by atoms with Crippen LogP contribution in [0, 0.1) is 18.3 Å². The first kappa shape index (κ1) is 21.2. The Morgan fingerprint density at radius 1 is 1.19 bits per heavy atom. The SMILES string of the molecule is CCC1CC(Nc2nc(Nc3cc(C)[nH]n3)cc3[nH]ccc23)CC(CC)N1CCC#N. The van der Waals surface area contributed by atoms with Gasteiger partial charge in [0.15, 0.2) is 5.82 Å². The van der Waals surface area contributed by atoms with Gasteiger partial charge < -0.3 is 15.6 Å². The molecule has 0 radical (unpaired) electrons. The molecule has 0 amide bonds. The Kier molecular flexibility index (Phi) is 6.42. The summed E-state index contributed by atoms with van der Waals surface area (Å²) >= 11 is 0. The third-order valence-corrected chi connectivity index (χ3v) is 6.33. The van der Waals surface area contributed by atoms with E-state index in [0.717, 1.165) is 66.3 Å². The summed E-state index contributed by atoms with van der Waals surface area (Å²) < 4.78 is 0. The van der Waals surface area contributed by atoms with Crippen molar-refractivity contribution in [3.05, 3.63) is 30.1 Å². The zero-order chi connectivity index (χ0) is 21.8. The average molecular weight is 421 g/mol. The number of nitriles is 1. The molecule has 1 fully saturated rings. The second-order valence-electron chi connectivity index (χ2n) is 8.44. The van der Waals surface area contributed by atoms with E-state index in [1.807, 2.05) is 25.3 Å². The Labute approximate surface area is 183 Å². The molecular weight excluding hydrogens is 388 g/mol. The number of nitrogens with one attached hydrogen (secondary N) is 4. The summed E-state index contributed by atoms with van der Waals surface area (Å²) in [6.07, 6.45) is 6.84. The number of aryl methyl sites for hydroxylation is 1. The van der Waals surface area contributed by atoms with E-state index < -0.39 is 0 Å². The number of hydrogen-bond acceptors (Lipinski definition) is 6. The van der Waals surface area contributed by atoms with Crippen LogP contribution in [-0.2, 0) is 0 Å². The van der Waals surface area contributed by atoms with Crippen molar-refractivity contribution in [1.82, 2.24) is 25.1 Å². The highest BCUT2D eigenvalue weighted by Gasteiger charge is 2.33. The molecule has 3 aromatic rings. The maximum absolute atomic E-state index is 9.06. The Morgan fingerprint density at radius 3 is 2.61 bits per heavy atom. The van der Waals surface area contributed by atoms with E-state index in [1.165, 1.54) is 0 Å². The van der Waals surface area contributed by atoms with Crippen molar-refractivity contribution in [2.75, 3.05) is 17.2 Å². The van der Waals surface area contributed by atoms with Crippen LogP contribution in [-0.4, -0.2) is 49.7 Å². The summed E-state index contributed by atoms with van der Waals surface area (Å²) in [5.74, 6) is 2.41. The molecule has 1 aliphatic heterocycles. The molecule has 4 rings (SSSR count). The van der Waals surface area contributed by atoms with Crippen molar-refractivity contribution in [2.45, 2.75) is 71.0 Å². The molecule has 31 heavy (non-hydrogen) atoms. The first-order chi connectivity index (χ1) is 15.1. The summed E-state index contributed by atoms with van der Waals surface area (Å²) in [5, 5.41) is 24.4. The molecule has 0 spiro atoms. The van der Waals surface area contributed by atoms with Crippen molar-refractivity contribution in [1.29, 1.82) is 5.26 Å². The zero-order valence-corrected chi connectivity index (χ0v) is 18.6. The predicted octanol–water partition coefficient (Wildman–Crippen LogP) is 4.69. The zero-order valence-electron chi connectivity index (χ0n) is 18.6. The number of aromatic amines is 2. The summed E-state index contributed by atoms with van der Waals surface area (Å²) in [6.45, 7) is 7.34. The number of fused-ring (bicyclic) bond motifs is 1. The van der Waals surface area contributed by atoms with Crippen LogP contribution in [0.3, 0.4) is 0 Å². The van der Waals surface area contributed by atoms with Gasteiger partial charge in [-0.05, 0) is 38.7 Å². The largest absolute Gasteiger partial charge is 0.367 e. The van der Waals surface area contributed by atoms with Crippen LogP contribution in [0.2, 0.25) is 0 Å². The molecule has 1 aliphatic rings. The summed E-state index contributed by atoms with van der Waals surface area (Å²) in [7, 11) is 0. The molecule has 0 saturated carbocycles. The summed E-state index contributed by atoms with van der Waals surface area (Å²) in [6, 6.07) is 9.68. The van der Waals surface area contributed by atoms with Crippen LogP contribution >= 0.6 is 0 Å². The molecule has 164 valence electrons. The monoisotopic (exact) mass is 420 g/mol. The van der Waals surface area contributed by atoms with Gasteiger partial charge in [0, 0.05) is 60.5 Å². The Morgan fingerprint density at radius 2 is 1.97 bits per heavy atom. The van der Waals surface area contributed by atoms with Gasteiger partial charge in [-0.1, -0.05) is 13.8 Å². The minimum Gasteiger partial charge on any atom is -0.367 e. The van der Waals surface area contributed by atoms with Crippen molar-refractivity contribution in [3.63, 3.8) is 0 Å². The number of rotatable bonds is 8. The highest BCUT2D eigenvalue weighted by Crippen LogP contribution is 2.32. The molecule has 4 N–H and O–H groups in total. The van der Waals surface area contributed by atoms with Gasteiger partial charge in [0.25, 0.3) is 0 Å². The predicted molar refractivity (Wildman–Crippen MR) is 124 cm³/mol. The lowest BCUT2D eigenvalue weighted by Gasteiger charge is -2.45. The maximum atomic E-state index is 9.06. The second kappa shape index (κ2) is 9.40. The number of H-pyrrole nitrogens is 2. The fourth-order valence-electron chi connectivity index (χ4n) is 4.83. The Hall–Kier alpha value is -3.05. The van der Waals surface area contributed by atoms with E-state index in [0.29, 0.717) is 24.5 Å². The number of hydrogen-bond donors (Lipinski definition) is 4. The van der Waals surface area contributed by atoms with Gasteiger partial charge in [-0.2, -0.15) is 10.4 Å². The second-order valence-corrected chi connectivity index (χ2v) is 8.44. The Balaban J connectivity index is 1.56. The van der Waals surface area contributed by atoms with Crippen LogP contribution < -0.4 is 10.6 Å². The van der Waals surface area contributed by atoms with E-state index in [1.54, 1.807) is 0 Å². The number of pyridine rings is 1. The maximum Gasteiger partial charge on any atom is 0.153 e. The molecule has 3 aromatic heterocycles. The van der Waals surface area contributed by atoms with Crippen LogP contribution in [0.5, 0.6) is 0 Å². The van der Waals surface area contributed by atoms with Crippen molar-refractivity contribution < 1.29 is 0 Å². The lowest BCUT2D eigenvalue weighted by molar-refractivity contribution is 0.0735. The minimum absolute atomic E-state index is 0.349. The smallest absolute Gasteiger partial charge is 0.153 e. The van der Waals surface area contributed by atoms with Crippen LogP contribution in [0.15, 0.2) is 24.4 Å². The fraction of sp³-hybridized carbons (Fsp3) is 0.522. The van der Waals surface area contributed by atoms with Gasteiger partial charge in [0.05, 0.1) is 11.6 Å². The lowest BCUT2D eigenvalue weighted by atomic mass is 9.88. The minimum atomic E-state index is 0.349. The Bertz CT molecular complexity index is 1030. The fourth-order valence-corrected chi connectivity index (χ4v) is 4.83. The molecule has 8 nitrogen and oxygen atoms in total. The van der Waals surface area contributed by atoms with Crippen molar-refractivity contribution in [3.8, 4) is 6.07 Å². The third-order valence-electron chi connectivity index (χ3n) is 6.33. The van der Waals surface area contributed by atoms with Gasteiger partial charge in [-0.3, -0.25) is 10.00 Å². The number of piperidine rings is 1. The first-order valence-electron chi connectivity index (χ1n) is 11.3. The van der Waals surface area contributed by atoms with E-state index in [4.69, 9.17) is 10.2 Å². The highest BCUT2D eigenvalue weighted by atomic mass is 15.2. The average Bonchev–Trinajstić information content (AvgIpc) is 3.41. The topological polar surface area (TPSA) is 108 Å². The van der Waals surface area contributed by atoms with Crippen LogP contribution in [0.1, 0.15) is 51.6 Å². The van der Waals surface area contributed by atoms with Crippen molar-refractivity contribution in [2.24, 2.45) is 0 Å². The van der Waals surface area contributed by atoms with Gasteiger partial charge in [-0.15, -0.1) is 0 Å². The van der Waals surface area contributed by atoms with Crippen LogP contribution in [0.25, 0.3) is 10.9 Å². The quantitative estimate of drug-likeness (QED) is 0.421. The van der Waals surface area contributed by atoms with Gasteiger partial charge in [-0.25, -0.2) is 4.98 Å². The van der Waals surface area contributed by atoms with Gasteiger partial charge >= 0.3 is 0 Å². The summed E-state index contributed by atoms with van der Waals surface area (Å²) in [4.78, 5) is 10.8. The van der Waals surface area contributed by atoms with Crippen molar-refractivity contribution >= 4 is 28.4 Å². The number of anilines is 3. The van der Waals surface area contributed by atoms with E-state index >= 15 is 0 Å². The molecule has 2 atom stereocenters. The van der Waals surface area contributed by atoms with E-state index in [-0.39, 0.29) is 0 Å². The molecular formula is C23H32N8. The summed E-state index contributed by atoms with van der Waals surface area (Å²) in [5.41, 5.74) is 2.04. The van der Waals surface area contributed by atoms with Gasteiger partial charge in [0.1, 0.15) is 11.6 Å². The molecule has 8 heteroatoms. The standard InChI is InChI=1S/C23H32N8/c1-4-17-12-16(13-18(5-2)31(17)10-6-8-24)26-23-19-7-9-25-20(19)14-21(28-23)27-22-11-15(3)29-30-22/h7,9,11,14,16-18,25H,4-6,10,12-13H2,1-3H3,(H3,26,27,28,29,30). The number of likely N-dealkylation sites (tertiary alicyclic amines) is 1. The lowest BCUT2D eigenvalue weighted by Crippen LogP contribution is -2.52. The number of nitrogens with zero attached hydrogens (tertiary/aromatic N) is 4. The molecule has 0 aliphatic carbocycles. The molecule has 2 unspecified atom stereocenters. The van der Waals surface area contributed by atoms with Crippen LogP contribution in [0.4, 0.5) is 17.5 Å². The normalized spacial score (nSPS) is 21.8. The molecule has 0 bridgehead atoms. The third kappa shape index (κ3) is 4.67.